The van der Waals surface area contributed by atoms with E-state index in [1.807, 2.05) is 12.1 Å². The van der Waals surface area contributed by atoms with E-state index in [0.717, 1.165) is 10.3 Å². The molecule has 0 spiro atoms. The smallest absolute Gasteiger partial charge is 0.261 e. The molecule has 1 heterocycles. The number of hydrogen-bond donors (Lipinski definition) is 1. The molecular formula is C16H11ClFNOS. The van der Waals surface area contributed by atoms with Crippen LogP contribution >= 0.6 is 22.9 Å². The minimum absolute atomic E-state index is 0.212. The van der Waals surface area contributed by atoms with E-state index in [-0.39, 0.29) is 11.7 Å². The van der Waals surface area contributed by atoms with Gasteiger partial charge in [-0.2, -0.15) is 0 Å². The summed E-state index contributed by atoms with van der Waals surface area (Å²) >= 11 is 7.18. The number of benzene rings is 2. The van der Waals surface area contributed by atoms with Gasteiger partial charge in [0, 0.05) is 21.7 Å². The van der Waals surface area contributed by atoms with Crippen LogP contribution in [0.2, 0.25) is 5.02 Å². The quantitative estimate of drug-likeness (QED) is 0.749. The first-order valence-corrected chi connectivity index (χ1v) is 7.53. The van der Waals surface area contributed by atoms with Gasteiger partial charge in [-0.15, -0.1) is 11.3 Å². The van der Waals surface area contributed by atoms with E-state index < -0.39 is 0 Å². The Morgan fingerprint density at radius 1 is 1.19 bits per heavy atom. The maximum atomic E-state index is 13.6. The van der Waals surface area contributed by atoms with Gasteiger partial charge >= 0.3 is 0 Å². The number of amides is 1. The minimum Gasteiger partial charge on any atom is -0.347 e. The van der Waals surface area contributed by atoms with Crippen molar-refractivity contribution in [3.8, 4) is 0 Å². The van der Waals surface area contributed by atoms with Gasteiger partial charge in [-0.1, -0.05) is 29.8 Å². The summed E-state index contributed by atoms with van der Waals surface area (Å²) in [6.07, 6.45) is 0. The van der Waals surface area contributed by atoms with Crippen LogP contribution in [0.1, 0.15) is 15.2 Å². The van der Waals surface area contributed by atoms with Crippen LogP contribution in [0, 0.1) is 5.82 Å². The van der Waals surface area contributed by atoms with Crippen molar-refractivity contribution < 1.29 is 9.18 Å². The zero-order valence-electron chi connectivity index (χ0n) is 10.9. The fourth-order valence-electron chi connectivity index (χ4n) is 2.05. The summed E-state index contributed by atoms with van der Waals surface area (Å²) in [4.78, 5) is 12.6. The van der Waals surface area contributed by atoms with Gasteiger partial charge in [0.05, 0.1) is 4.88 Å². The second-order valence-corrected chi connectivity index (χ2v) is 6.10. The molecule has 1 N–H and O–H groups in total. The molecule has 0 radical (unpaired) electrons. The number of carbonyl (C=O) groups is 1. The molecular weight excluding hydrogens is 309 g/mol. The summed E-state index contributed by atoms with van der Waals surface area (Å²) < 4.78 is 14.4. The zero-order valence-corrected chi connectivity index (χ0v) is 12.5. The number of hydrogen-bond acceptors (Lipinski definition) is 2. The van der Waals surface area contributed by atoms with Gasteiger partial charge < -0.3 is 5.32 Å². The SMILES string of the molecule is O=C(NCc1cccc(Cl)c1)c1cc2c(F)cccc2s1. The van der Waals surface area contributed by atoms with Crippen LogP contribution in [0.15, 0.2) is 48.5 Å². The molecule has 0 bridgehead atoms. The van der Waals surface area contributed by atoms with Crippen LogP contribution < -0.4 is 5.32 Å². The molecule has 1 aromatic heterocycles. The molecule has 0 aliphatic rings. The van der Waals surface area contributed by atoms with E-state index in [1.165, 1.54) is 17.4 Å². The summed E-state index contributed by atoms with van der Waals surface area (Å²) in [5.74, 6) is -0.520. The van der Waals surface area contributed by atoms with E-state index in [4.69, 9.17) is 11.6 Å². The fourth-order valence-corrected chi connectivity index (χ4v) is 3.26. The van der Waals surface area contributed by atoms with Crippen molar-refractivity contribution in [2.75, 3.05) is 0 Å². The van der Waals surface area contributed by atoms with E-state index in [2.05, 4.69) is 5.32 Å². The number of nitrogens with one attached hydrogen (secondary N) is 1. The molecule has 0 aliphatic carbocycles. The molecule has 2 nitrogen and oxygen atoms in total. The maximum absolute atomic E-state index is 13.6. The highest BCUT2D eigenvalue weighted by atomic mass is 35.5. The number of rotatable bonds is 3. The number of halogens is 2. The third-order valence-electron chi connectivity index (χ3n) is 3.07. The zero-order chi connectivity index (χ0) is 14.8. The predicted molar refractivity (Wildman–Crippen MR) is 84.4 cm³/mol. The Morgan fingerprint density at radius 3 is 2.76 bits per heavy atom. The largest absolute Gasteiger partial charge is 0.347 e. The summed E-state index contributed by atoms with van der Waals surface area (Å²) in [5, 5.41) is 3.93. The van der Waals surface area contributed by atoms with Crippen LogP contribution in [-0.2, 0) is 6.54 Å². The Balaban J connectivity index is 1.76. The van der Waals surface area contributed by atoms with Gasteiger partial charge in [-0.3, -0.25) is 4.79 Å². The Bertz CT molecular complexity index is 815. The molecule has 0 aliphatic heterocycles. The van der Waals surface area contributed by atoms with Crippen molar-refractivity contribution in [1.82, 2.24) is 5.32 Å². The van der Waals surface area contributed by atoms with Crippen LogP contribution in [-0.4, -0.2) is 5.91 Å². The molecule has 1 amide bonds. The second kappa shape index (κ2) is 5.84. The van der Waals surface area contributed by atoms with Crippen molar-refractivity contribution in [2.45, 2.75) is 6.54 Å². The molecule has 0 fully saturated rings. The van der Waals surface area contributed by atoms with Gasteiger partial charge in [0.2, 0.25) is 0 Å². The molecule has 0 atom stereocenters. The molecule has 106 valence electrons. The molecule has 0 unspecified atom stereocenters. The van der Waals surface area contributed by atoms with E-state index >= 15 is 0 Å². The Morgan fingerprint density at radius 2 is 2.00 bits per heavy atom. The molecule has 3 rings (SSSR count). The number of thiophene rings is 1. The summed E-state index contributed by atoms with van der Waals surface area (Å²) in [6, 6.07) is 13.7. The first-order valence-electron chi connectivity index (χ1n) is 6.34. The van der Waals surface area contributed by atoms with Crippen LogP contribution in [0.3, 0.4) is 0 Å². The lowest BCUT2D eigenvalue weighted by Crippen LogP contribution is -2.21. The standard InChI is InChI=1S/C16H11ClFNOS/c17-11-4-1-3-10(7-11)9-19-16(20)15-8-12-13(18)5-2-6-14(12)21-15/h1-8H,9H2,(H,19,20). The average molecular weight is 320 g/mol. The third-order valence-corrected chi connectivity index (χ3v) is 4.41. The Labute approximate surface area is 130 Å². The molecule has 3 aromatic rings. The topological polar surface area (TPSA) is 29.1 Å². The van der Waals surface area contributed by atoms with Crippen molar-refractivity contribution >= 4 is 38.9 Å². The van der Waals surface area contributed by atoms with Gasteiger partial charge in [-0.05, 0) is 35.9 Å². The van der Waals surface area contributed by atoms with Crippen molar-refractivity contribution in [3.05, 3.63) is 69.8 Å². The first kappa shape index (κ1) is 14.0. The Hall–Kier alpha value is -1.91. The summed E-state index contributed by atoms with van der Waals surface area (Å²) in [7, 11) is 0. The molecule has 2 aromatic carbocycles. The van der Waals surface area contributed by atoms with E-state index in [9.17, 15) is 9.18 Å². The van der Waals surface area contributed by atoms with Crippen LogP contribution in [0.25, 0.3) is 10.1 Å². The molecule has 0 saturated carbocycles. The summed E-state index contributed by atoms with van der Waals surface area (Å²) in [6.45, 7) is 0.385. The Kier molecular flexibility index (Phi) is 3.90. The van der Waals surface area contributed by atoms with Crippen LogP contribution in [0.5, 0.6) is 0 Å². The van der Waals surface area contributed by atoms with Gasteiger partial charge in [0.1, 0.15) is 5.82 Å². The molecule has 5 heteroatoms. The average Bonchev–Trinajstić information content (AvgIpc) is 2.90. The normalized spacial score (nSPS) is 10.8. The lowest BCUT2D eigenvalue weighted by Gasteiger charge is -2.03. The van der Waals surface area contributed by atoms with E-state index in [0.29, 0.717) is 21.8 Å². The molecule has 0 saturated heterocycles. The highest BCUT2D eigenvalue weighted by Gasteiger charge is 2.12. The van der Waals surface area contributed by atoms with Gasteiger partial charge in [-0.25, -0.2) is 4.39 Å². The third kappa shape index (κ3) is 3.06. The predicted octanol–water partition coefficient (Wildman–Crippen LogP) is 4.62. The monoisotopic (exact) mass is 319 g/mol. The number of fused-ring (bicyclic) bond motifs is 1. The lowest BCUT2D eigenvalue weighted by atomic mass is 10.2. The van der Waals surface area contributed by atoms with Crippen molar-refractivity contribution in [1.29, 1.82) is 0 Å². The van der Waals surface area contributed by atoms with Gasteiger partial charge in [0.25, 0.3) is 5.91 Å². The lowest BCUT2D eigenvalue weighted by molar-refractivity contribution is 0.0955. The van der Waals surface area contributed by atoms with E-state index in [1.54, 1.807) is 30.3 Å². The molecule has 21 heavy (non-hydrogen) atoms. The summed E-state index contributed by atoms with van der Waals surface area (Å²) in [5.41, 5.74) is 0.920. The maximum Gasteiger partial charge on any atom is 0.261 e. The minimum atomic E-state index is -0.308. The van der Waals surface area contributed by atoms with Crippen molar-refractivity contribution in [2.24, 2.45) is 0 Å². The number of carbonyl (C=O) groups excluding carboxylic acids is 1. The highest BCUT2D eigenvalue weighted by molar-refractivity contribution is 7.20. The van der Waals surface area contributed by atoms with Crippen LogP contribution in [0.4, 0.5) is 4.39 Å². The van der Waals surface area contributed by atoms with Crippen molar-refractivity contribution in [3.63, 3.8) is 0 Å². The highest BCUT2D eigenvalue weighted by Crippen LogP contribution is 2.27. The van der Waals surface area contributed by atoms with Gasteiger partial charge in [0.15, 0.2) is 0 Å². The first-order chi connectivity index (χ1) is 10.1. The fraction of sp³-hybridized carbons (Fsp3) is 0.0625. The second-order valence-electron chi connectivity index (χ2n) is 4.57.